The third-order valence-electron chi connectivity index (χ3n) is 3.15. The SMILES string of the molecule is O=C(Nc1nc(OCC(F)(F)F)cc(OCC(F)(F)F)c1F)Oc1ccc([N+](=O)[O-])cc1. The summed E-state index contributed by atoms with van der Waals surface area (Å²) in [5.74, 6) is -5.29. The van der Waals surface area contributed by atoms with E-state index in [1.54, 1.807) is 5.32 Å². The molecule has 0 aliphatic heterocycles. The number of non-ortho nitro benzene ring substituents is 1. The van der Waals surface area contributed by atoms with E-state index in [2.05, 4.69) is 14.5 Å². The number of carbonyl (C=O) groups excluding carboxylic acids is 1. The zero-order chi connectivity index (χ0) is 24.1. The van der Waals surface area contributed by atoms with E-state index in [1.165, 1.54) is 0 Å². The lowest BCUT2D eigenvalue weighted by Gasteiger charge is -2.15. The fraction of sp³-hybridized carbons (Fsp3) is 0.250. The molecule has 0 radical (unpaired) electrons. The summed E-state index contributed by atoms with van der Waals surface area (Å²) in [4.78, 5) is 25.0. The van der Waals surface area contributed by atoms with Crippen molar-refractivity contribution >= 4 is 17.6 Å². The number of alkyl halides is 6. The molecule has 2 rings (SSSR count). The van der Waals surface area contributed by atoms with Gasteiger partial charge in [-0.2, -0.15) is 35.7 Å². The molecule has 174 valence electrons. The van der Waals surface area contributed by atoms with Crippen LogP contribution in [0.4, 0.5) is 47.0 Å². The first-order chi connectivity index (χ1) is 14.7. The number of nitro groups is 1. The number of benzene rings is 1. The molecule has 9 nitrogen and oxygen atoms in total. The minimum atomic E-state index is -4.91. The Kier molecular flexibility index (Phi) is 7.27. The van der Waals surface area contributed by atoms with Gasteiger partial charge >= 0.3 is 18.4 Å². The number of hydrogen-bond donors (Lipinski definition) is 1. The van der Waals surface area contributed by atoms with Crippen molar-refractivity contribution < 1.29 is 54.7 Å². The summed E-state index contributed by atoms with van der Waals surface area (Å²) >= 11 is 0. The summed E-state index contributed by atoms with van der Waals surface area (Å²) in [6.45, 7) is -3.92. The van der Waals surface area contributed by atoms with Crippen LogP contribution in [-0.2, 0) is 0 Å². The average Bonchev–Trinajstić information content (AvgIpc) is 2.66. The summed E-state index contributed by atoms with van der Waals surface area (Å²) in [6, 6.07) is 4.27. The molecule has 1 heterocycles. The Morgan fingerprint density at radius 3 is 2.12 bits per heavy atom. The van der Waals surface area contributed by atoms with Gasteiger partial charge < -0.3 is 14.2 Å². The van der Waals surface area contributed by atoms with Crippen LogP contribution in [0.1, 0.15) is 0 Å². The largest absolute Gasteiger partial charge is 0.481 e. The lowest BCUT2D eigenvalue weighted by atomic mass is 10.3. The normalized spacial score (nSPS) is 11.6. The Morgan fingerprint density at radius 1 is 1.03 bits per heavy atom. The van der Waals surface area contributed by atoms with Crippen LogP contribution >= 0.6 is 0 Å². The van der Waals surface area contributed by atoms with E-state index in [4.69, 9.17) is 4.74 Å². The summed E-state index contributed by atoms with van der Waals surface area (Å²) in [5.41, 5.74) is -0.341. The van der Waals surface area contributed by atoms with Crippen molar-refractivity contribution in [3.05, 3.63) is 46.3 Å². The molecule has 1 aromatic heterocycles. The molecule has 2 aromatic rings. The van der Waals surface area contributed by atoms with Crippen LogP contribution in [-0.4, -0.2) is 41.6 Å². The molecule has 0 fully saturated rings. The first-order valence-electron chi connectivity index (χ1n) is 8.06. The number of rotatable bonds is 7. The van der Waals surface area contributed by atoms with Gasteiger partial charge in [-0.15, -0.1) is 0 Å². The van der Waals surface area contributed by atoms with E-state index in [0.29, 0.717) is 6.07 Å². The quantitative estimate of drug-likeness (QED) is 0.355. The number of anilines is 1. The molecular formula is C16H10F7N3O6. The maximum Gasteiger partial charge on any atom is 0.422 e. The molecule has 0 unspecified atom stereocenters. The average molecular weight is 473 g/mol. The second kappa shape index (κ2) is 9.52. The monoisotopic (exact) mass is 473 g/mol. The van der Waals surface area contributed by atoms with E-state index in [0.717, 1.165) is 24.3 Å². The maximum absolute atomic E-state index is 14.4. The second-order valence-electron chi connectivity index (χ2n) is 5.69. The molecule has 0 aliphatic rings. The molecule has 32 heavy (non-hydrogen) atoms. The Labute approximate surface area is 172 Å². The zero-order valence-electron chi connectivity index (χ0n) is 15.3. The number of amides is 1. The van der Waals surface area contributed by atoms with E-state index in [-0.39, 0.29) is 11.4 Å². The number of nitro benzene ring substituents is 1. The molecule has 16 heteroatoms. The summed E-state index contributed by atoms with van der Waals surface area (Å²) in [5, 5.41) is 12.2. The first-order valence-corrected chi connectivity index (χ1v) is 8.06. The van der Waals surface area contributed by atoms with Crippen LogP contribution in [0.25, 0.3) is 0 Å². The van der Waals surface area contributed by atoms with Crippen molar-refractivity contribution in [1.29, 1.82) is 0 Å². The first kappa shape index (κ1) is 24.4. The van der Waals surface area contributed by atoms with Crippen molar-refractivity contribution in [1.82, 2.24) is 4.98 Å². The third-order valence-corrected chi connectivity index (χ3v) is 3.15. The molecule has 0 saturated heterocycles. The van der Waals surface area contributed by atoms with Crippen LogP contribution in [0.3, 0.4) is 0 Å². The molecule has 0 saturated carbocycles. The van der Waals surface area contributed by atoms with Gasteiger partial charge in [-0.25, -0.2) is 4.79 Å². The molecule has 0 spiro atoms. The van der Waals surface area contributed by atoms with Crippen molar-refractivity contribution in [2.24, 2.45) is 0 Å². The van der Waals surface area contributed by atoms with Gasteiger partial charge in [-0.1, -0.05) is 0 Å². The van der Waals surface area contributed by atoms with Gasteiger partial charge in [0, 0.05) is 18.2 Å². The predicted octanol–water partition coefficient (Wildman–Crippen LogP) is 4.62. The van der Waals surface area contributed by atoms with E-state index >= 15 is 0 Å². The molecule has 1 aromatic carbocycles. The Morgan fingerprint density at radius 2 is 1.59 bits per heavy atom. The molecule has 1 N–H and O–H groups in total. The van der Waals surface area contributed by atoms with Crippen LogP contribution in [0, 0.1) is 15.9 Å². The number of carbonyl (C=O) groups is 1. The fourth-order valence-corrected chi connectivity index (χ4v) is 1.93. The predicted molar refractivity (Wildman–Crippen MR) is 90.0 cm³/mol. The van der Waals surface area contributed by atoms with Gasteiger partial charge in [0.15, 0.2) is 24.8 Å². The Hall–Kier alpha value is -3.85. The number of pyridine rings is 1. The fourth-order valence-electron chi connectivity index (χ4n) is 1.93. The second-order valence-corrected chi connectivity index (χ2v) is 5.69. The minimum Gasteiger partial charge on any atom is -0.481 e. The summed E-state index contributed by atoms with van der Waals surface area (Å²) in [6.07, 6.45) is -11.2. The van der Waals surface area contributed by atoms with Gasteiger partial charge in [0.2, 0.25) is 11.7 Å². The van der Waals surface area contributed by atoms with Crippen LogP contribution in [0.5, 0.6) is 17.4 Å². The summed E-state index contributed by atoms with van der Waals surface area (Å²) < 4.78 is 101. The molecule has 0 aliphatic carbocycles. The lowest BCUT2D eigenvalue weighted by molar-refractivity contribution is -0.384. The van der Waals surface area contributed by atoms with Crippen molar-refractivity contribution in [2.75, 3.05) is 18.5 Å². The highest BCUT2D eigenvalue weighted by atomic mass is 19.4. The van der Waals surface area contributed by atoms with E-state index in [1.807, 2.05) is 0 Å². The number of nitrogens with zero attached hydrogens (tertiary/aromatic N) is 2. The molecule has 0 atom stereocenters. The van der Waals surface area contributed by atoms with Crippen molar-refractivity contribution in [3.8, 4) is 17.4 Å². The highest BCUT2D eigenvalue weighted by Crippen LogP contribution is 2.30. The van der Waals surface area contributed by atoms with Gasteiger partial charge in [0.05, 0.1) is 4.92 Å². The standard InChI is InChI=1S/C16H10F7N3O6/c17-12-10(30-6-15(18,19)20)5-11(31-7-16(21,22)23)24-13(12)25-14(27)32-9-3-1-8(2-4-9)26(28)29/h1-5H,6-7H2,(H,24,25,27). The van der Waals surface area contributed by atoms with Crippen molar-refractivity contribution in [3.63, 3.8) is 0 Å². The minimum absolute atomic E-state index is 0.258. The highest BCUT2D eigenvalue weighted by molar-refractivity contribution is 5.85. The lowest BCUT2D eigenvalue weighted by Crippen LogP contribution is -2.23. The number of hydrogen-bond acceptors (Lipinski definition) is 7. The third kappa shape index (κ3) is 7.77. The summed E-state index contributed by atoms with van der Waals surface area (Å²) in [7, 11) is 0. The molecule has 0 bridgehead atoms. The van der Waals surface area contributed by atoms with Gasteiger partial charge in [-0.05, 0) is 12.1 Å². The zero-order valence-corrected chi connectivity index (χ0v) is 15.3. The Bertz CT molecular complexity index is 980. The van der Waals surface area contributed by atoms with Gasteiger partial charge in [0.25, 0.3) is 5.69 Å². The smallest absolute Gasteiger partial charge is 0.422 e. The number of halogens is 7. The molecule has 1 amide bonds. The number of ether oxygens (including phenoxy) is 3. The van der Waals surface area contributed by atoms with Gasteiger partial charge in [-0.3, -0.25) is 15.4 Å². The van der Waals surface area contributed by atoms with E-state index in [9.17, 15) is 45.6 Å². The van der Waals surface area contributed by atoms with Crippen LogP contribution in [0.2, 0.25) is 0 Å². The van der Waals surface area contributed by atoms with Gasteiger partial charge in [0.1, 0.15) is 5.75 Å². The molecular weight excluding hydrogens is 463 g/mol. The van der Waals surface area contributed by atoms with Crippen molar-refractivity contribution in [2.45, 2.75) is 12.4 Å². The maximum atomic E-state index is 14.4. The number of nitrogens with one attached hydrogen (secondary N) is 1. The Balaban J connectivity index is 2.22. The van der Waals surface area contributed by atoms with Crippen LogP contribution < -0.4 is 19.5 Å². The topological polar surface area (TPSA) is 113 Å². The highest BCUT2D eigenvalue weighted by Gasteiger charge is 2.31. The van der Waals surface area contributed by atoms with Crippen LogP contribution in [0.15, 0.2) is 30.3 Å². The van der Waals surface area contributed by atoms with E-state index < -0.39 is 59.8 Å². The number of aromatic nitrogens is 1.